The maximum absolute atomic E-state index is 12.9. The number of methoxy groups -OCH3 is 2. The van der Waals surface area contributed by atoms with Gasteiger partial charge in [-0.1, -0.05) is 65.9 Å². The van der Waals surface area contributed by atoms with Gasteiger partial charge in [-0.05, 0) is 56.4 Å². The lowest BCUT2D eigenvalue weighted by atomic mass is 9.48. The lowest BCUT2D eigenvalue weighted by Gasteiger charge is -2.56. The second-order valence-corrected chi connectivity index (χ2v) is 13.0. The molecule has 6 unspecified atom stereocenters. The van der Waals surface area contributed by atoms with Crippen LogP contribution in [-0.2, 0) is 28.6 Å². The van der Waals surface area contributed by atoms with E-state index in [1.54, 1.807) is 6.08 Å². The first-order valence-corrected chi connectivity index (χ1v) is 13.3. The number of halogens is 3. The van der Waals surface area contributed by atoms with Crippen LogP contribution >= 0.6 is 34.8 Å². The Morgan fingerprint density at radius 2 is 1.80 bits per heavy atom. The molecule has 0 N–H and O–H groups in total. The van der Waals surface area contributed by atoms with E-state index in [0.29, 0.717) is 19.3 Å². The molecule has 1 aliphatic heterocycles. The minimum atomic E-state index is -1.54. The zero-order valence-corrected chi connectivity index (χ0v) is 22.9. The maximum atomic E-state index is 12.9. The monoisotopic (exact) mass is 546 g/mol. The molecule has 1 spiro atoms. The third kappa shape index (κ3) is 4.47. The fourth-order valence-electron chi connectivity index (χ4n) is 7.53. The molecule has 35 heavy (non-hydrogen) atoms. The number of carbonyl (C=O) groups is 3. The Labute approximate surface area is 221 Å². The maximum Gasteiger partial charge on any atom is 0.309 e. The van der Waals surface area contributed by atoms with E-state index in [2.05, 4.69) is 24.7 Å². The Bertz CT molecular complexity index is 984. The standard InChI is InChI=1S/C24H30O5.C2H3Cl3O/c1-22-8-4-15(25)12-14(22)13-16(21(27)28-3)20-17(22)5-9-23(2)18(20)6-10-24(23)11-7-19(26)29-24;1-6-2(3,4)5/h5,12,16,18,20H,4,6-11,13H2,1-3H3;1H3. The van der Waals surface area contributed by atoms with Crippen LogP contribution in [0.2, 0.25) is 0 Å². The molecule has 4 aliphatic carbocycles. The van der Waals surface area contributed by atoms with Gasteiger partial charge < -0.3 is 14.2 Å². The molecule has 9 heteroatoms. The highest BCUT2D eigenvalue weighted by Gasteiger charge is 2.67. The number of ketones is 1. The summed E-state index contributed by atoms with van der Waals surface area (Å²) >= 11 is 15.1. The van der Waals surface area contributed by atoms with E-state index < -0.39 is 9.58 Å². The molecule has 5 rings (SSSR count). The summed E-state index contributed by atoms with van der Waals surface area (Å²) in [5.41, 5.74) is 1.72. The van der Waals surface area contributed by atoms with Gasteiger partial charge in [0, 0.05) is 30.8 Å². The van der Waals surface area contributed by atoms with Crippen LogP contribution < -0.4 is 0 Å². The summed E-state index contributed by atoms with van der Waals surface area (Å²) in [6.45, 7) is 4.52. The molecule has 2 saturated carbocycles. The number of alkyl halides is 3. The molecule has 0 aromatic rings. The first kappa shape index (κ1) is 27.0. The van der Waals surface area contributed by atoms with Crippen molar-refractivity contribution in [2.24, 2.45) is 28.6 Å². The van der Waals surface area contributed by atoms with Gasteiger partial charge in [0.25, 0.3) is 3.98 Å². The van der Waals surface area contributed by atoms with Crippen LogP contribution in [0.4, 0.5) is 0 Å². The Morgan fingerprint density at radius 1 is 1.11 bits per heavy atom. The third-order valence-electron chi connectivity index (χ3n) is 9.46. The number of hydrogen-bond donors (Lipinski definition) is 0. The van der Waals surface area contributed by atoms with E-state index in [9.17, 15) is 14.4 Å². The minimum absolute atomic E-state index is 0.0854. The molecule has 0 aromatic carbocycles. The van der Waals surface area contributed by atoms with E-state index in [0.717, 1.165) is 37.7 Å². The van der Waals surface area contributed by atoms with Gasteiger partial charge in [-0.25, -0.2) is 0 Å². The number of rotatable bonds is 1. The van der Waals surface area contributed by atoms with Crippen LogP contribution in [0.3, 0.4) is 0 Å². The molecule has 6 nitrogen and oxygen atoms in total. The van der Waals surface area contributed by atoms with E-state index >= 15 is 0 Å². The van der Waals surface area contributed by atoms with Gasteiger partial charge >= 0.3 is 11.9 Å². The van der Waals surface area contributed by atoms with E-state index in [1.165, 1.54) is 19.8 Å². The first-order chi connectivity index (χ1) is 16.3. The van der Waals surface area contributed by atoms with E-state index in [4.69, 9.17) is 44.3 Å². The minimum Gasteiger partial charge on any atom is -0.469 e. The Kier molecular flexibility index (Phi) is 7.20. The quantitative estimate of drug-likeness (QED) is 0.232. The second kappa shape index (κ2) is 9.34. The summed E-state index contributed by atoms with van der Waals surface area (Å²) in [6.07, 6.45) is 10.1. The first-order valence-electron chi connectivity index (χ1n) is 12.2. The van der Waals surface area contributed by atoms with Gasteiger partial charge in [-0.15, -0.1) is 0 Å². The molecule has 0 amide bonds. The number of carbonyl (C=O) groups excluding carboxylic acids is 3. The van der Waals surface area contributed by atoms with Gasteiger partial charge in [0.15, 0.2) is 5.78 Å². The second-order valence-electron chi connectivity index (χ2n) is 10.9. The van der Waals surface area contributed by atoms with E-state index in [1.807, 2.05) is 0 Å². The number of esters is 2. The highest BCUT2D eigenvalue weighted by molar-refractivity contribution is 6.66. The van der Waals surface area contributed by atoms with Crippen molar-refractivity contribution < 1.29 is 28.6 Å². The van der Waals surface area contributed by atoms with Gasteiger partial charge in [-0.2, -0.15) is 0 Å². The van der Waals surface area contributed by atoms with Crippen LogP contribution in [0.15, 0.2) is 23.3 Å². The lowest BCUT2D eigenvalue weighted by molar-refractivity contribution is -0.163. The Hall–Kier alpha value is -1.08. The van der Waals surface area contributed by atoms with Gasteiger partial charge in [0.1, 0.15) is 5.60 Å². The van der Waals surface area contributed by atoms with Crippen molar-refractivity contribution in [2.45, 2.75) is 74.8 Å². The molecule has 194 valence electrons. The number of fused-ring (bicyclic) bond motifs is 6. The molecule has 6 atom stereocenters. The summed E-state index contributed by atoms with van der Waals surface area (Å²) in [5, 5.41) is 0. The fraction of sp³-hybridized carbons (Fsp3) is 0.731. The van der Waals surface area contributed by atoms with Gasteiger partial charge in [-0.3, -0.25) is 14.4 Å². The number of hydrogen-bond acceptors (Lipinski definition) is 6. The molecule has 0 bridgehead atoms. The van der Waals surface area contributed by atoms with Crippen molar-refractivity contribution in [3.63, 3.8) is 0 Å². The fourth-order valence-corrected chi connectivity index (χ4v) is 7.53. The Morgan fingerprint density at radius 3 is 2.37 bits per heavy atom. The molecule has 3 fully saturated rings. The zero-order valence-electron chi connectivity index (χ0n) is 20.6. The van der Waals surface area contributed by atoms with Crippen LogP contribution in [0.5, 0.6) is 0 Å². The van der Waals surface area contributed by atoms with Crippen molar-refractivity contribution in [1.29, 1.82) is 0 Å². The predicted octanol–water partition coefficient (Wildman–Crippen LogP) is 5.87. The molecular weight excluding hydrogens is 515 g/mol. The smallest absolute Gasteiger partial charge is 0.309 e. The SMILES string of the molecule is COC(=O)C1CC2=CC(=O)CCC2(C)C2=CCC3(C)C(CCC34CCC(=O)O4)C21.COC(Cl)(Cl)Cl. The summed E-state index contributed by atoms with van der Waals surface area (Å²) < 4.78 is 13.9. The van der Waals surface area contributed by atoms with Crippen LogP contribution in [0.25, 0.3) is 0 Å². The van der Waals surface area contributed by atoms with Crippen molar-refractivity contribution >= 4 is 52.5 Å². The van der Waals surface area contributed by atoms with Gasteiger partial charge in [0.2, 0.25) is 0 Å². The molecule has 5 aliphatic rings. The van der Waals surface area contributed by atoms with Crippen LogP contribution in [-0.4, -0.2) is 41.5 Å². The molecule has 1 heterocycles. The number of ether oxygens (including phenoxy) is 3. The van der Waals surface area contributed by atoms with Crippen molar-refractivity contribution in [2.75, 3.05) is 14.2 Å². The molecule has 0 radical (unpaired) electrons. The summed E-state index contributed by atoms with van der Waals surface area (Å²) in [6, 6.07) is 0. The zero-order chi connectivity index (χ0) is 25.8. The number of allylic oxidation sites excluding steroid dienone is 4. The average molecular weight is 548 g/mol. The molecule has 0 aromatic heterocycles. The molecule has 1 saturated heterocycles. The van der Waals surface area contributed by atoms with Crippen molar-refractivity contribution in [3.05, 3.63) is 23.3 Å². The highest BCUT2D eigenvalue weighted by Crippen LogP contribution is 2.69. The highest BCUT2D eigenvalue weighted by atomic mass is 35.6. The summed E-state index contributed by atoms with van der Waals surface area (Å²) in [7, 11) is 2.77. The molecular formula is C26H33Cl3O6. The largest absolute Gasteiger partial charge is 0.469 e. The third-order valence-corrected chi connectivity index (χ3v) is 9.92. The normalized spacial score (nSPS) is 39.9. The topological polar surface area (TPSA) is 78.9 Å². The van der Waals surface area contributed by atoms with Crippen LogP contribution in [0.1, 0.15) is 65.2 Å². The van der Waals surface area contributed by atoms with Crippen molar-refractivity contribution in [1.82, 2.24) is 0 Å². The van der Waals surface area contributed by atoms with Crippen LogP contribution in [0, 0.1) is 28.6 Å². The summed E-state index contributed by atoms with van der Waals surface area (Å²) in [4.78, 5) is 37.1. The van der Waals surface area contributed by atoms with E-state index in [-0.39, 0.29) is 46.3 Å². The van der Waals surface area contributed by atoms with Gasteiger partial charge in [0.05, 0.1) is 13.0 Å². The predicted molar refractivity (Wildman–Crippen MR) is 133 cm³/mol. The Balaban J connectivity index is 0.000000431. The summed E-state index contributed by atoms with van der Waals surface area (Å²) in [5.74, 6) is 0.00356. The average Bonchev–Trinajstić information content (AvgIpc) is 3.33. The van der Waals surface area contributed by atoms with Crippen molar-refractivity contribution in [3.8, 4) is 0 Å². The lowest BCUT2D eigenvalue weighted by Crippen LogP contribution is -2.53.